The number of methoxy groups -OCH3 is 3. The number of epoxide rings is 1. The first-order valence-corrected chi connectivity index (χ1v) is 13.4. The van der Waals surface area contributed by atoms with Crippen LogP contribution in [0.4, 0.5) is 0 Å². The zero-order chi connectivity index (χ0) is 27.3. The molecule has 1 aromatic carbocycles. The summed E-state index contributed by atoms with van der Waals surface area (Å²) in [4.78, 5) is 12.9. The Bertz CT molecular complexity index is 1030. The van der Waals surface area contributed by atoms with Crippen LogP contribution in [0.25, 0.3) is 6.08 Å². The van der Waals surface area contributed by atoms with Crippen molar-refractivity contribution in [3.8, 4) is 11.5 Å². The van der Waals surface area contributed by atoms with Crippen LogP contribution in [0.2, 0.25) is 0 Å². The van der Waals surface area contributed by atoms with Crippen molar-refractivity contribution < 1.29 is 38.0 Å². The van der Waals surface area contributed by atoms with Gasteiger partial charge in [0.2, 0.25) is 0 Å². The van der Waals surface area contributed by atoms with E-state index in [0.29, 0.717) is 31.1 Å². The predicted octanol–water partition coefficient (Wildman–Crippen LogP) is 4.74. The van der Waals surface area contributed by atoms with Crippen LogP contribution >= 0.6 is 0 Å². The molecule has 3 fully saturated rings. The average Bonchev–Trinajstić information content (AvgIpc) is 3.55. The number of allylic oxidation sites excluding steroid dienone is 1. The van der Waals surface area contributed by atoms with Crippen LogP contribution in [0.3, 0.4) is 0 Å². The molecule has 1 aliphatic carbocycles. The summed E-state index contributed by atoms with van der Waals surface area (Å²) in [6, 6.07) is 5.48. The molecule has 0 N–H and O–H groups in total. The van der Waals surface area contributed by atoms with Gasteiger partial charge in [-0.25, -0.2) is 4.79 Å². The Morgan fingerprint density at radius 2 is 1.92 bits per heavy atom. The average molecular weight is 531 g/mol. The maximum absolute atomic E-state index is 12.9. The van der Waals surface area contributed by atoms with E-state index in [1.54, 1.807) is 33.5 Å². The van der Waals surface area contributed by atoms with Gasteiger partial charge in [0.25, 0.3) is 0 Å². The van der Waals surface area contributed by atoms with E-state index in [0.717, 1.165) is 31.4 Å². The molecule has 8 heteroatoms. The van der Waals surface area contributed by atoms with Gasteiger partial charge in [0.05, 0.1) is 32.0 Å². The van der Waals surface area contributed by atoms with Gasteiger partial charge < -0.3 is 33.2 Å². The van der Waals surface area contributed by atoms with Crippen LogP contribution in [-0.4, -0.2) is 76.6 Å². The Hall–Kier alpha value is -2.39. The van der Waals surface area contributed by atoms with Gasteiger partial charge in [0.1, 0.15) is 24.4 Å². The maximum atomic E-state index is 12.9. The molecule has 2 aliphatic heterocycles. The quantitative estimate of drug-likeness (QED) is 0.126. The van der Waals surface area contributed by atoms with E-state index in [1.807, 2.05) is 12.1 Å². The Morgan fingerprint density at radius 1 is 1.13 bits per heavy atom. The van der Waals surface area contributed by atoms with Crippen molar-refractivity contribution in [1.29, 1.82) is 0 Å². The van der Waals surface area contributed by atoms with Crippen molar-refractivity contribution >= 4 is 12.0 Å². The van der Waals surface area contributed by atoms with E-state index in [1.165, 1.54) is 11.6 Å². The first-order valence-electron chi connectivity index (χ1n) is 13.4. The normalized spacial score (nSPS) is 32.1. The molecular formula is C30H42O8. The van der Waals surface area contributed by atoms with Crippen molar-refractivity contribution in [3.05, 3.63) is 41.5 Å². The zero-order valence-corrected chi connectivity index (χ0v) is 23.5. The van der Waals surface area contributed by atoms with Gasteiger partial charge in [-0.05, 0) is 63.8 Å². The molecular weight excluding hydrogens is 488 g/mol. The summed E-state index contributed by atoms with van der Waals surface area (Å²) >= 11 is 0. The molecule has 3 aliphatic rings. The number of hydrogen-bond donors (Lipinski definition) is 0. The fourth-order valence-corrected chi connectivity index (χ4v) is 5.96. The van der Waals surface area contributed by atoms with Gasteiger partial charge in [-0.1, -0.05) is 17.7 Å². The minimum Gasteiger partial charge on any atom is -0.493 e. The number of benzene rings is 1. The highest BCUT2D eigenvalue weighted by Gasteiger charge is 2.69. The Balaban J connectivity index is 1.44. The van der Waals surface area contributed by atoms with Crippen LogP contribution in [0.15, 0.2) is 35.9 Å². The number of carbonyl (C=O) groups is 1. The third kappa shape index (κ3) is 6.09. The van der Waals surface area contributed by atoms with E-state index in [2.05, 4.69) is 26.8 Å². The fourth-order valence-electron chi connectivity index (χ4n) is 5.96. The molecule has 0 radical (unpaired) electrons. The second kappa shape index (κ2) is 12.2. The minimum absolute atomic E-state index is 0.0202. The highest BCUT2D eigenvalue weighted by molar-refractivity contribution is 5.87. The lowest BCUT2D eigenvalue weighted by molar-refractivity contribution is -0.257. The standard InChI is InChI=1S/C30H42O8/c1-20(2)7-11-25-29(3,38-25)28-27(34-6)23(13-14-30(28)15-16-36-30)37-26(31)12-9-21-8-10-22(33-5)24(19-21)35-18-17-32-4/h7-10,12,19,23,25,27-28H,11,13-18H2,1-6H3. The lowest BCUT2D eigenvalue weighted by Crippen LogP contribution is -2.65. The van der Waals surface area contributed by atoms with Crippen molar-refractivity contribution in [2.75, 3.05) is 41.2 Å². The minimum atomic E-state index is -0.415. The summed E-state index contributed by atoms with van der Waals surface area (Å²) in [7, 11) is 4.89. The number of carbonyl (C=O) groups excluding carboxylic acids is 1. The van der Waals surface area contributed by atoms with Gasteiger partial charge in [-0.2, -0.15) is 0 Å². The van der Waals surface area contributed by atoms with Gasteiger partial charge in [0.15, 0.2) is 11.5 Å². The van der Waals surface area contributed by atoms with E-state index in [4.69, 9.17) is 33.2 Å². The summed E-state index contributed by atoms with van der Waals surface area (Å²) in [5, 5.41) is 0. The van der Waals surface area contributed by atoms with Crippen molar-refractivity contribution in [1.82, 2.24) is 0 Å². The third-order valence-corrected chi connectivity index (χ3v) is 8.05. The zero-order valence-electron chi connectivity index (χ0n) is 23.5. The van der Waals surface area contributed by atoms with Crippen LogP contribution in [0, 0.1) is 5.92 Å². The first-order chi connectivity index (χ1) is 18.3. The number of hydrogen-bond acceptors (Lipinski definition) is 8. The van der Waals surface area contributed by atoms with E-state index in [9.17, 15) is 4.79 Å². The molecule has 0 aromatic heterocycles. The third-order valence-electron chi connectivity index (χ3n) is 8.05. The highest BCUT2D eigenvalue weighted by atomic mass is 16.6. The van der Waals surface area contributed by atoms with Crippen molar-refractivity contribution in [2.45, 2.75) is 76.0 Å². The summed E-state index contributed by atoms with van der Waals surface area (Å²) in [5.74, 6) is 0.763. The molecule has 1 saturated carbocycles. The number of rotatable bonds is 12. The monoisotopic (exact) mass is 530 g/mol. The van der Waals surface area contributed by atoms with E-state index in [-0.39, 0.29) is 35.4 Å². The van der Waals surface area contributed by atoms with Crippen LogP contribution < -0.4 is 9.47 Å². The molecule has 6 unspecified atom stereocenters. The molecule has 1 aromatic rings. The smallest absolute Gasteiger partial charge is 0.331 e. The maximum Gasteiger partial charge on any atom is 0.331 e. The molecule has 2 heterocycles. The summed E-state index contributed by atoms with van der Waals surface area (Å²) in [6.07, 6.45) is 8.10. The molecule has 8 nitrogen and oxygen atoms in total. The molecule has 38 heavy (non-hydrogen) atoms. The topological polar surface area (TPSA) is 85.0 Å². The highest BCUT2D eigenvalue weighted by Crippen LogP contribution is 2.58. The summed E-state index contributed by atoms with van der Waals surface area (Å²) in [6.45, 7) is 7.94. The second-order valence-corrected chi connectivity index (χ2v) is 10.7. The molecule has 2 saturated heterocycles. The van der Waals surface area contributed by atoms with E-state index < -0.39 is 5.97 Å². The lowest BCUT2D eigenvalue weighted by atomic mass is 9.62. The molecule has 4 rings (SSSR count). The molecule has 0 bridgehead atoms. The van der Waals surface area contributed by atoms with Crippen molar-refractivity contribution in [2.24, 2.45) is 5.92 Å². The van der Waals surface area contributed by atoms with Gasteiger partial charge in [-0.15, -0.1) is 0 Å². The lowest BCUT2D eigenvalue weighted by Gasteiger charge is -2.55. The Morgan fingerprint density at radius 3 is 2.55 bits per heavy atom. The summed E-state index contributed by atoms with van der Waals surface area (Å²) in [5.41, 5.74) is 1.41. The van der Waals surface area contributed by atoms with Crippen LogP contribution in [-0.2, 0) is 28.5 Å². The summed E-state index contributed by atoms with van der Waals surface area (Å²) < 4.78 is 40.7. The number of esters is 1. The largest absolute Gasteiger partial charge is 0.493 e. The predicted molar refractivity (Wildman–Crippen MR) is 143 cm³/mol. The Labute approximate surface area is 226 Å². The van der Waals surface area contributed by atoms with Gasteiger partial charge in [-0.3, -0.25) is 0 Å². The van der Waals surface area contributed by atoms with Gasteiger partial charge in [0, 0.05) is 32.6 Å². The van der Waals surface area contributed by atoms with Gasteiger partial charge >= 0.3 is 5.97 Å². The molecule has 6 atom stereocenters. The van der Waals surface area contributed by atoms with E-state index >= 15 is 0 Å². The first kappa shape index (κ1) is 28.6. The SMILES string of the molecule is COCCOc1cc(C=CC(=O)OC2CCC3(CCO3)C(C3(C)OC3CC=C(C)C)C2OC)ccc1OC. The number of ether oxygens (including phenoxy) is 7. The van der Waals surface area contributed by atoms with Crippen LogP contribution in [0.1, 0.15) is 52.0 Å². The van der Waals surface area contributed by atoms with Crippen LogP contribution in [0.5, 0.6) is 11.5 Å². The molecule has 210 valence electrons. The van der Waals surface area contributed by atoms with Crippen molar-refractivity contribution in [3.63, 3.8) is 0 Å². The molecule has 1 spiro atoms. The molecule has 0 amide bonds. The fraction of sp³-hybridized carbons (Fsp3) is 0.633. The second-order valence-electron chi connectivity index (χ2n) is 10.7. The Kier molecular flexibility index (Phi) is 9.19.